The summed E-state index contributed by atoms with van der Waals surface area (Å²) in [7, 11) is 1.41. The van der Waals surface area contributed by atoms with Crippen molar-refractivity contribution in [3.05, 3.63) is 65.7 Å². The second-order valence-corrected chi connectivity index (χ2v) is 8.04. The van der Waals surface area contributed by atoms with Crippen LogP contribution in [-0.4, -0.2) is 55.2 Å². The number of ether oxygens (including phenoxy) is 2. The summed E-state index contributed by atoms with van der Waals surface area (Å²) in [6, 6.07) is 18.0. The molecule has 1 heterocycles. The molecular formula is C25H32N2O4. The molecule has 0 spiro atoms. The highest BCUT2D eigenvalue weighted by Gasteiger charge is 2.43. The van der Waals surface area contributed by atoms with Gasteiger partial charge in [-0.1, -0.05) is 42.5 Å². The second-order valence-electron chi connectivity index (χ2n) is 8.04. The van der Waals surface area contributed by atoms with Crippen molar-refractivity contribution in [3.63, 3.8) is 0 Å². The van der Waals surface area contributed by atoms with Crippen molar-refractivity contribution < 1.29 is 19.1 Å². The van der Waals surface area contributed by atoms with E-state index in [9.17, 15) is 9.59 Å². The van der Waals surface area contributed by atoms with E-state index in [4.69, 9.17) is 9.47 Å². The number of hydrogen-bond donors (Lipinski definition) is 1. The lowest BCUT2D eigenvalue weighted by atomic mass is 9.85. The summed E-state index contributed by atoms with van der Waals surface area (Å²) in [5, 5.41) is 3.36. The predicted molar refractivity (Wildman–Crippen MR) is 121 cm³/mol. The first-order valence-corrected chi connectivity index (χ1v) is 10.9. The Kier molecular flexibility index (Phi) is 7.69. The van der Waals surface area contributed by atoms with E-state index in [1.165, 1.54) is 12.7 Å². The Balaban J connectivity index is 1.74. The van der Waals surface area contributed by atoms with Crippen LogP contribution in [0.2, 0.25) is 0 Å². The lowest BCUT2D eigenvalue weighted by Crippen LogP contribution is -2.56. The van der Waals surface area contributed by atoms with Gasteiger partial charge >= 0.3 is 11.9 Å². The van der Waals surface area contributed by atoms with Crippen LogP contribution in [0.1, 0.15) is 42.6 Å². The van der Waals surface area contributed by atoms with Gasteiger partial charge in [0.05, 0.1) is 19.3 Å². The van der Waals surface area contributed by atoms with Crippen LogP contribution in [0.3, 0.4) is 0 Å². The number of benzene rings is 2. The minimum absolute atomic E-state index is 0.295. The van der Waals surface area contributed by atoms with E-state index in [0.717, 1.165) is 19.5 Å². The molecule has 0 aliphatic carbocycles. The fourth-order valence-electron chi connectivity index (χ4n) is 4.24. The lowest BCUT2D eigenvalue weighted by Gasteiger charge is -2.43. The molecule has 0 radical (unpaired) electrons. The monoisotopic (exact) mass is 424 g/mol. The normalized spacial score (nSPS) is 16.9. The van der Waals surface area contributed by atoms with Gasteiger partial charge < -0.3 is 19.7 Å². The molecule has 1 fully saturated rings. The molecule has 0 aromatic heterocycles. The van der Waals surface area contributed by atoms with Crippen LogP contribution in [0, 0.1) is 0 Å². The Morgan fingerprint density at radius 3 is 2.35 bits per heavy atom. The maximum absolute atomic E-state index is 12.8. The first kappa shape index (κ1) is 22.8. The Bertz CT molecular complexity index is 876. The third-order valence-electron chi connectivity index (χ3n) is 6.02. The lowest BCUT2D eigenvalue weighted by molar-refractivity contribution is -0.148. The average molecular weight is 425 g/mol. The maximum atomic E-state index is 12.8. The molecule has 6 heteroatoms. The molecule has 3 rings (SSSR count). The Hall–Kier alpha value is -2.86. The smallest absolute Gasteiger partial charge is 0.340 e. The number of methoxy groups -OCH3 is 1. The van der Waals surface area contributed by atoms with Crippen molar-refractivity contribution >= 4 is 17.6 Å². The van der Waals surface area contributed by atoms with E-state index in [1.807, 2.05) is 12.1 Å². The van der Waals surface area contributed by atoms with Gasteiger partial charge in [0, 0.05) is 24.8 Å². The van der Waals surface area contributed by atoms with E-state index in [1.54, 1.807) is 25.1 Å². The quantitative estimate of drug-likeness (QED) is 0.648. The molecule has 1 aliphatic heterocycles. The van der Waals surface area contributed by atoms with Crippen molar-refractivity contribution in [1.82, 2.24) is 4.90 Å². The number of likely N-dealkylation sites (tertiary alicyclic amines) is 1. The Morgan fingerprint density at radius 2 is 1.71 bits per heavy atom. The van der Waals surface area contributed by atoms with Gasteiger partial charge in [-0.2, -0.15) is 0 Å². The number of nitrogens with one attached hydrogen (secondary N) is 1. The molecule has 31 heavy (non-hydrogen) atoms. The molecular weight excluding hydrogens is 392 g/mol. The highest BCUT2D eigenvalue weighted by atomic mass is 16.5. The molecule has 1 N–H and O–H groups in total. The van der Waals surface area contributed by atoms with E-state index >= 15 is 0 Å². The number of carbonyl (C=O) groups excluding carboxylic acids is 2. The van der Waals surface area contributed by atoms with E-state index in [-0.39, 0.29) is 5.97 Å². The Labute approximate surface area is 184 Å². The number of hydrogen-bond acceptors (Lipinski definition) is 6. The predicted octanol–water partition coefficient (Wildman–Crippen LogP) is 3.91. The largest absolute Gasteiger partial charge is 0.467 e. The van der Waals surface area contributed by atoms with E-state index < -0.39 is 11.5 Å². The topological polar surface area (TPSA) is 67.9 Å². The van der Waals surface area contributed by atoms with Gasteiger partial charge in [-0.15, -0.1) is 0 Å². The minimum Gasteiger partial charge on any atom is -0.467 e. The van der Waals surface area contributed by atoms with Gasteiger partial charge in [0.15, 0.2) is 0 Å². The number of para-hydroxylation sites is 1. The van der Waals surface area contributed by atoms with Gasteiger partial charge in [0.1, 0.15) is 5.54 Å². The van der Waals surface area contributed by atoms with E-state index in [2.05, 4.69) is 41.4 Å². The van der Waals surface area contributed by atoms with Gasteiger partial charge in [0.25, 0.3) is 0 Å². The summed E-state index contributed by atoms with van der Waals surface area (Å²) in [6.07, 6.45) is 2.15. The van der Waals surface area contributed by atoms with Gasteiger partial charge in [-0.25, -0.2) is 9.59 Å². The summed E-state index contributed by atoms with van der Waals surface area (Å²) < 4.78 is 10.3. The SMILES string of the molecule is CCOC(=O)c1ccccc1NC1(C(=O)OC)CCN(C(C)Cc2ccccc2)CC1. The fourth-order valence-corrected chi connectivity index (χ4v) is 4.24. The molecule has 2 aromatic carbocycles. The molecule has 0 saturated carbocycles. The first-order chi connectivity index (χ1) is 15.0. The maximum Gasteiger partial charge on any atom is 0.340 e. The highest BCUT2D eigenvalue weighted by molar-refractivity contribution is 5.97. The molecule has 6 nitrogen and oxygen atoms in total. The minimum atomic E-state index is -0.875. The summed E-state index contributed by atoms with van der Waals surface area (Å²) in [6.45, 7) is 5.82. The third-order valence-corrected chi connectivity index (χ3v) is 6.02. The van der Waals surface area contributed by atoms with Crippen LogP contribution >= 0.6 is 0 Å². The van der Waals surface area contributed by atoms with Crippen molar-refractivity contribution in [2.45, 2.75) is 44.7 Å². The molecule has 1 atom stereocenters. The number of rotatable bonds is 8. The summed E-state index contributed by atoms with van der Waals surface area (Å²) >= 11 is 0. The van der Waals surface area contributed by atoms with Crippen LogP contribution in [0.15, 0.2) is 54.6 Å². The van der Waals surface area contributed by atoms with Gasteiger partial charge in [-0.3, -0.25) is 0 Å². The molecule has 0 bridgehead atoms. The second kappa shape index (κ2) is 10.4. The summed E-state index contributed by atoms with van der Waals surface area (Å²) in [5.41, 5.74) is 1.45. The zero-order valence-corrected chi connectivity index (χ0v) is 18.6. The van der Waals surface area contributed by atoms with Crippen molar-refractivity contribution in [2.75, 3.05) is 32.1 Å². The average Bonchev–Trinajstić information content (AvgIpc) is 2.80. The number of carbonyl (C=O) groups is 2. The molecule has 0 amide bonds. The number of piperidine rings is 1. The summed E-state index contributed by atoms with van der Waals surface area (Å²) in [4.78, 5) is 27.6. The van der Waals surface area contributed by atoms with Crippen LogP contribution < -0.4 is 5.32 Å². The van der Waals surface area contributed by atoms with Gasteiger partial charge in [-0.05, 0) is 50.8 Å². The summed E-state index contributed by atoms with van der Waals surface area (Å²) in [5.74, 6) is -0.707. The number of nitrogens with zero attached hydrogens (tertiary/aromatic N) is 1. The number of esters is 2. The van der Waals surface area contributed by atoms with Crippen molar-refractivity contribution in [3.8, 4) is 0 Å². The van der Waals surface area contributed by atoms with Crippen molar-refractivity contribution in [1.29, 1.82) is 0 Å². The molecule has 1 unspecified atom stereocenters. The van der Waals surface area contributed by atoms with Crippen LogP contribution in [0.25, 0.3) is 0 Å². The molecule has 2 aromatic rings. The number of anilines is 1. The standard InChI is InChI=1S/C25H32N2O4/c1-4-31-23(28)21-12-8-9-13-22(21)26-25(24(29)30-3)14-16-27(17-15-25)19(2)18-20-10-6-5-7-11-20/h5-13,19,26H,4,14-18H2,1-3H3. The highest BCUT2D eigenvalue weighted by Crippen LogP contribution is 2.31. The third kappa shape index (κ3) is 5.44. The van der Waals surface area contributed by atoms with Crippen molar-refractivity contribution in [2.24, 2.45) is 0 Å². The van der Waals surface area contributed by atoms with Crippen LogP contribution in [-0.2, 0) is 20.7 Å². The van der Waals surface area contributed by atoms with Gasteiger partial charge in [0.2, 0.25) is 0 Å². The fraction of sp³-hybridized carbons (Fsp3) is 0.440. The van der Waals surface area contributed by atoms with E-state index in [0.29, 0.717) is 36.7 Å². The molecule has 1 aliphatic rings. The molecule has 166 valence electrons. The zero-order valence-electron chi connectivity index (χ0n) is 18.6. The first-order valence-electron chi connectivity index (χ1n) is 10.9. The Morgan fingerprint density at radius 1 is 1.06 bits per heavy atom. The molecule has 1 saturated heterocycles. The zero-order chi connectivity index (χ0) is 22.3. The van der Waals surface area contributed by atoms with Crippen LogP contribution in [0.5, 0.6) is 0 Å². The van der Waals surface area contributed by atoms with Crippen LogP contribution in [0.4, 0.5) is 5.69 Å².